The van der Waals surface area contributed by atoms with Crippen molar-refractivity contribution in [1.29, 1.82) is 0 Å². The molecule has 1 N–H and O–H groups in total. The van der Waals surface area contributed by atoms with E-state index in [2.05, 4.69) is 29.1 Å². The van der Waals surface area contributed by atoms with E-state index in [4.69, 9.17) is 0 Å². The van der Waals surface area contributed by atoms with E-state index in [0.717, 1.165) is 39.1 Å². The first-order valence-electron chi connectivity index (χ1n) is 11.1. The van der Waals surface area contributed by atoms with Crippen LogP contribution in [0.3, 0.4) is 0 Å². The average molecular weight is 401 g/mol. The van der Waals surface area contributed by atoms with Crippen molar-refractivity contribution in [3.63, 3.8) is 0 Å². The molecule has 29 heavy (non-hydrogen) atoms. The van der Waals surface area contributed by atoms with Gasteiger partial charge in [-0.2, -0.15) is 0 Å². The standard InChI is InChI=1S/C23H36N4O2/c1-4-18(2)21(24-22(28)19-9-6-5-7-10-19)23(29)27-15-13-26(14-16-27)20-11-8-12-25(3)17-20/h5-7,9-10,18,20-21H,4,8,11-17H2,1-3H3,(H,24,28). The smallest absolute Gasteiger partial charge is 0.251 e. The van der Waals surface area contributed by atoms with E-state index in [-0.39, 0.29) is 17.7 Å². The highest BCUT2D eigenvalue weighted by atomic mass is 16.2. The number of hydrogen-bond donors (Lipinski definition) is 1. The molecular weight excluding hydrogens is 364 g/mol. The Morgan fingerprint density at radius 1 is 1.10 bits per heavy atom. The molecule has 2 amide bonds. The molecule has 1 aromatic carbocycles. The summed E-state index contributed by atoms with van der Waals surface area (Å²) in [5, 5.41) is 3.01. The lowest BCUT2D eigenvalue weighted by Crippen LogP contribution is -2.59. The van der Waals surface area contributed by atoms with Gasteiger partial charge in [0.2, 0.25) is 5.91 Å². The van der Waals surface area contributed by atoms with Gasteiger partial charge in [0.25, 0.3) is 5.91 Å². The summed E-state index contributed by atoms with van der Waals surface area (Å²) in [5.41, 5.74) is 0.597. The van der Waals surface area contributed by atoms with Crippen molar-refractivity contribution >= 4 is 11.8 Å². The summed E-state index contributed by atoms with van der Waals surface area (Å²) in [4.78, 5) is 32.8. The fourth-order valence-electron chi connectivity index (χ4n) is 4.44. The van der Waals surface area contributed by atoms with Gasteiger partial charge in [-0.25, -0.2) is 0 Å². The maximum atomic E-state index is 13.3. The number of rotatable bonds is 6. The first-order valence-corrected chi connectivity index (χ1v) is 11.1. The highest BCUT2D eigenvalue weighted by Crippen LogP contribution is 2.18. The van der Waals surface area contributed by atoms with Crippen LogP contribution in [0.5, 0.6) is 0 Å². The molecule has 0 bridgehead atoms. The zero-order chi connectivity index (χ0) is 20.8. The van der Waals surface area contributed by atoms with E-state index in [9.17, 15) is 9.59 Å². The van der Waals surface area contributed by atoms with Gasteiger partial charge < -0.3 is 15.1 Å². The van der Waals surface area contributed by atoms with Gasteiger partial charge in [-0.15, -0.1) is 0 Å². The fraction of sp³-hybridized carbons (Fsp3) is 0.652. The van der Waals surface area contributed by atoms with Gasteiger partial charge in [0.15, 0.2) is 0 Å². The topological polar surface area (TPSA) is 55.9 Å². The Morgan fingerprint density at radius 3 is 2.41 bits per heavy atom. The van der Waals surface area contributed by atoms with Crippen LogP contribution < -0.4 is 5.32 Å². The Labute approximate surface area is 175 Å². The zero-order valence-electron chi connectivity index (χ0n) is 18.1. The van der Waals surface area contributed by atoms with Crippen molar-refractivity contribution in [2.75, 3.05) is 46.3 Å². The van der Waals surface area contributed by atoms with Crippen LogP contribution in [-0.2, 0) is 4.79 Å². The first kappa shape index (κ1) is 21.8. The van der Waals surface area contributed by atoms with Crippen LogP contribution in [0.15, 0.2) is 30.3 Å². The minimum Gasteiger partial charge on any atom is -0.340 e. The molecule has 6 nitrogen and oxygen atoms in total. The van der Waals surface area contributed by atoms with Crippen molar-refractivity contribution in [1.82, 2.24) is 20.0 Å². The van der Waals surface area contributed by atoms with Gasteiger partial charge in [-0.1, -0.05) is 38.5 Å². The summed E-state index contributed by atoms with van der Waals surface area (Å²) in [6.07, 6.45) is 3.35. The van der Waals surface area contributed by atoms with E-state index in [1.165, 1.54) is 19.4 Å². The van der Waals surface area contributed by atoms with Gasteiger partial charge in [0.1, 0.15) is 6.04 Å². The maximum absolute atomic E-state index is 13.3. The summed E-state index contributed by atoms with van der Waals surface area (Å²) in [5.74, 6) is -0.0163. The van der Waals surface area contributed by atoms with Crippen LogP contribution in [0, 0.1) is 5.92 Å². The Bertz CT molecular complexity index is 673. The summed E-state index contributed by atoms with van der Waals surface area (Å²) in [6.45, 7) is 9.75. The van der Waals surface area contributed by atoms with Gasteiger partial charge in [-0.05, 0) is 44.5 Å². The minimum atomic E-state index is -0.472. The number of nitrogens with one attached hydrogen (secondary N) is 1. The molecule has 160 valence electrons. The third kappa shape index (κ3) is 5.58. The zero-order valence-corrected chi connectivity index (χ0v) is 18.1. The first-order chi connectivity index (χ1) is 14.0. The quantitative estimate of drug-likeness (QED) is 0.794. The van der Waals surface area contributed by atoms with Crippen LogP contribution in [0.2, 0.25) is 0 Å². The molecule has 2 aliphatic rings. The molecule has 2 aliphatic heterocycles. The SMILES string of the molecule is CCC(C)C(NC(=O)c1ccccc1)C(=O)N1CCN(C2CCCN(C)C2)CC1. The molecule has 0 aromatic heterocycles. The molecule has 1 aromatic rings. The molecule has 3 rings (SSSR count). The Kier molecular flexibility index (Phi) is 7.67. The number of carbonyl (C=O) groups excluding carboxylic acids is 2. The van der Waals surface area contributed by atoms with Crippen LogP contribution in [0.25, 0.3) is 0 Å². The van der Waals surface area contributed by atoms with Crippen LogP contribution in [-0.4, -0.2) is 84.9 Å². The van der Waals surface area contributed by atoms with E-state index in [0.29, 0.717) is 11.6 Å². The van der Waals surface area contributed by atoms with Crippen molar-refractivity contribution in [2.45, 2.75) is 45.2 Å². The van der Waals surface area contributed by atoms with Crippen molar-refractivity contribution < 1.29 is 9.59 Å². The molecule has 0 saturated carbocycles. The Balaban J connectivity index is 1.59. The summed E-state index contributed by atoms with van der Waals surface area (Å²) < 4.78 is 0. The number of likely N-dealkylation sites (tertiary alicyclic amines) is 1. The summed E-state index contributed by atoms with van der Waals surface area (Å²) in [7, 11) is 2.19. The third-order valence-corrected chi connectivity index (χ3v) is 6.54. The van der Waals surface area contributed by atoms with E-state index >= 15 is 0 Å². The highest BCUT2D eigenvalue weighted by molar-refractivity contribution is 5.97. The monoisotopic (exact) mass is 400 g/mol. The van der Waals surface area contributed by atoms with Crippen LogP contribution >= 0.6 is 0 Å². The second-order valence-electron chi connectivity index (χ2n) is 8.62. The number of piperazine rings is 1. The van der Waals surface area contributed by atoms with E-state index in [1.807, 2.05) is 30.0 Å². The number of hydrogen-bond acceptors (Lipinski definition) is 4. The van der Waals surface area contributed by atoms with Crippen LogP contribution in [0.4, 0.5) is 0 Å². The number of piperidine rings is 1. The van der Waals surface area contributed by atoms with Crippen LogP contribution in [0.1, 0.15) is 43.5 Å². The number of likely N-dealkylation sites (N-methyl/N-ethyl adjacent to an activating group) is 1. The number of benzene rings is 1. The highest BCUT2D eigenvalue weighted by Gasteiger charge is 2.33. The van der Waals surface area contributed by atoms with Gasteiger partial charge >= 0.3 is 0 Å². The van der Waals surface area contributed by atoms with E-state index < -0.39 is 6.04 Å². The van der Waals surface area contributed by atoms with Crippen molar-refractivity contribution in [2.24, 2.45) is 5.92 Å². The molecule has 3 unspecified atom stereocenters. The Hall–Kier alpha value is -1.92. The Morgan fingerprint density at radius 2 is 1.79 bits per heavy atom. The fourth-order valence-corrected chi connectivity index (χ4v) is 4.44. The number of amides is 2. The minimum absolute atomic E-state index is 0.0593. The molecule has 2 fully saturated rings. The van der Waals surface area contributed by atoms with Gasteiger partial charge in [0, 0.05) is 44.3 Å². The lowest BCUT2D eigenvalue weighted by molar-refractivity contribution is -0.136. The molecule has 6 heteroatoms. The molecule has 3 atom stereocenters. The third-order valence-electron chi connectivity index (χ3n) is 6.54. The molecule has 2 heterocycles. The molecule has 0 spiro atoms. The molecule has 2 saturated heterocycles. The predicted molar refractivity (Wildman–Crippen MR) is 116 cm³/mol. The molecule has 0 aliphatic carbocycles. The number of carbonyl (C=O) groups is 2. The second-order valence-corrected chi connectivity index (χ2v) is 8.62. The molecular formula is C23H36N4O2. The maximum Gasteiger partial charge on any atom is 0.251 e. The lowest BCUT2D eigenvalue weighted by Gasteiger charge is -2.43. The summed E-state index contributed by atoms with van der Waals surface area (Å²) >= 11 is 0. The molecule has 0 radical (unpaired) electrons. The van der Waals surface area contributed by atoms with Gasteiger partial charge in [0.05, 0.1) is 0 Å². The normalized spacial score (nSPS) is 23.4. The lowest BCUT2D eigenvalue weighted by atomic mass is 9.96. The van der Waals surface area contributed by atoms with Crippen molar-refractivity contribution in [3.05, 3.63) is 35.9 Å². The van der Waals surface area contributed by atoms with Crippen molar-refractivity contribution in [3.8, 4) is 0 Å². The average Bonchev–Trinajstić information content (AvgIpc) is 2.77. The second kappa shape index (κ2) is 10.2. The van der Waals surface area contributed by atoms with Gasteiger partial charge in [-0.3, -0.25) is 14.5 Å². The predicted octanol–water partition coefficient (Wildman–Crippen LogP) is 2.07. The number of nitrogens with zero attached hydrogens (tertiary/aromatic N) is 3. The van der Waals surface area contributed by atoms with E-state index in [1.54, 1.807) is 12.1 Å². The largest absolute Gasteiger partial charge is 0.340 e. The summed E-state index contributed by atoms with van der Waals surface area (Å²) in [6, 6.07) is 9.28.